The van der Waals surface area contributed by atoms with Crippen molar-refractivity contribution >= 4 is 48.1 Å². The number of carboxylic acid groups (broad SMARTS) is 1. The summed E-state index contributed by atoms with van der Waals surface area (Å²) in [6.07, 6.45) is 3.82. The molecule has 0 aliphatic heterocycles. The third kappa shape index (κ3) is 11.4. The number of unbranched alkanes of at least 4 members (excludes halogenated alkanes) is 1. The fourth-order valence-corrected chi connectivity index (χ4v) is 2.88. The molecule has 0 aliphatic rings. The van der Waals surface area contributed by atoms with E-state index in [1.807, 2.05) is 6.26 Å². The highest BCUT2D eigenvalue weighted by Crippen LogP contribution is 2.01. The molecular formula is C16H31N5O5S2. The van der Waals surface area contributed by atoms with Crippen LogP contribution >= 0.6 is 24.4 Å². The van der Waals surface area contributed by atoms with E-state index in [9.17, 15) is 19.2 Å². The predicted octanol–water partition coefficient (Wildman–Crippen LogP) is -1.70. The minimum atomic E-state index is -1.16. The number of nitrogens with two attached hydrogens (primary N) is 2. The van der Waals surface area contributed by atoms with Gasteiger partial charge in [0, 0.05) is 5.75 Å². The molecule has 0 radical (unpaired) electrons. The van der Waals surface area contributed by atoms with Crippen molar-refractivity contribution in [3.8, 4) is 0 Å². The SMILES string of the molecule is CSCCC(N)C(=O)NC(CS)C(=O)NCC(=O)NC(CCCCN)C(=O)O. The Morgan fingerprint density at radius 3 is 2.29 bits per heavy atom. The highest BCUT2D eigenvalue weighted by Gasteiger charge is 2.24. The number of thioether (sulfide) groups is 1. The second kappa shape index (κ2) is 15.4. The third-order valence-electron chi connectivity index (χ3n) is 3.79. The molecule has 0 aliphatic carbocycles. The Morgan fingerprint density at radius 2 is 1.75 bits per heavy atom. The minimum Gasteiger partial charge on any atom is -0.480 e. The number of carbonyl (C=O) groups excluding carboxylic acids is 3. The van der Waals surface area contributed by atoms with Gasteiger partial charge >= 0.3 is 5.97 Å². The van der Waals surface area contributed by atoms with Crippen molar-refractivity contribution in [3.63, 3.8) is 0 Å². The molecule has 3 atom stereocenters. The van der Waals surface area contributed by atoms with E-state index in [1.165, 1.54) is 0 Å². The lowest BCUT2D eigenvalue weighted by atomic mass is 10.1. The molecular weight excluding hydrogens is 406 g/mol. The predicted molar refractivity (Wildman–Crippen MR) is 112 cm³/mol. The van der Waals surface area contributed by atoms with Crippen molar-refractivity contribution in [3.05, 3.63) is 0 Å². The average molecular weight is 438 g/mol. The molecule has 0 aromatic rings. The quantitative estimate of drug-likeness (QED) is 0.117. The van der Waals surface area contributed by atoms with Crippen molar-refractivity contribution in [2.45, 2.75) is 43.8 Å². The van der Waals surface area contributed by atoms with E-state index in [0.717, 1.165) is 0 Å². The first-order valence-corrected chi connectivity index (χ1v) is 10.9. The summed E-state index contributed by atoms with van der Waals surface area (Å²) in [4.78, 5) is 47.2. The van der Waals surface area contributed by atoms with Gasteiger partial charge in [0.1, 0.15) is 12.1 Å². The van der Waals surface area contributed by atoms with Crippen LogP contribution in [0.1, 0.15) is 25.7 Å². The summed E-state index contributed by atoms with van der Waals surface area (Å²) in [6, 6.07) is -2.75. The number of thiol groups is 1. The topological polar surface area (TPSA) is 177 Å². The average Bonchev–Trinajstić information content (AvgIpc) is 2.67. The van der Waals surface area contributed by atoms with E-state index in [4.69, 9.17) is 16.6 Å². The van der Waals surface area contributed by atoms with Crippen molar-refractivity contribution in [2.75, 3.05) is 30.9 Å². The zero-order valence-electron chi connectivity index (χ0n) is 16.0. The smallest absolute Gasteiger partial charge is 0.326 e. The van der Waals surface area contributed by atoms with Crippen LogP contribution in [0.15, 0.2) is 0 Å². The van der Waals surface area contributed by atoms with Crippen molar-refractivity contribution in [1.29, 1.82) is 0 Å². The zero-order valence-corrected chi connectivity index (χ0v) is 17.7. The first kappa shape index (κ1) is 26.5. The molecule has 10 nitrogen and oxygen atoms in total. The Hall–Kier alpha value is -1.50. The summed E-state index contributed by atoms with van der Waals surface area (Å²) in [7, 11) is 0. The fourth-order valence-electron chi connectivity index (χ4n) is 2.13. The van der Waals surface area contributed by atoms with Crippen molar-refractivity contribution in [2.24, 2.45) is 11.5 Å². The number of hydrogen-bond acceptors (Lipinski definition) is 8. The van der Waals surface area contributed by atoms with Gasteiger partial charge in [-0.15, -0.1) is 0 Å². The van der Waals surface area contributed by atoms with Crippen LogP contribution < -0.4 is 27.4 Å². The summed E-state index contributed by atoms with van der Waals surface area (Å²) in [5.74, 6) is -2.15. The number of carboxylic acids is 1. The van der Waals surface area contributed by atoms with Crippen LogP contribution in [0.4, 0.5) is 0 Å². The first-order chi connectivity index (χ1) is 13.3. The number of hydrogen-bond donors (Lipinski definition) is 7. The van der Waals surface area contributed by atoms with Crippen LogP contribution in [0.5, 0.6) is 0 Å². The summed E-state index contributed by atoms with van der Waals surface area (Å²) in [6.45, 7) is 0.0201. The lowest BCUT2D eigenvalue weighted by Gasteiger charge is -2.19. The highest BCUT2D eigenvalue weighted by atomic mass is 32.2. The Morgan fingerprint density at radius 1 is 1.07 bits per heavy atom. The van der Waals surface area contributed by atoms with Crippen LogP contribution in [0.3, 0.4) is 0 Å². The van der Waals surface area contributed by atoms with Gasteiger partial charge in [0.2, 0.25) is 17.7 Å². The summed E-state index contributed by atoms with van der Waals surface area (Å²) >= 11 is 5.59. The molecule has 0 saturated carbocycles. The van der Waals surface area contributed by atoms with Gasteiger partial charge in [0.15, 0.2) is 0 Å². The molecule has 0 aromatic heterocycles. The second-order valence-electron chi connectivity index (χ2n) is 6.09. The summed E-state index contributed by atoms with van der Waals surface area (Å²) < 4.78 is 0. The first-order valence-electron chi connectivity index (χ1n) is 8.92. The monoisotopic (exact) mass is 437 g/mol. The zero-order chi connectivity index (χ0) is 21.5. The summed E-state index contributed by atoms with van der Waals surface area (Å²) in [5.41, 5.74) is 11.1. The van der Waals surface area contributed by atoms with Gasteiger partial charge in [0.05, 0.1) is 12.6 Å². The Balaban J connectivity index is 4.47. The second-order valence-corrected chi connectivity index (χ2v) is 7.44. The molecule has 0 heterocycles. The van der Waals surface area contributed by atoms with Gasteiger partial charge in [-0.25, -0.2) is 4.79 Å². The van der Waals surface area contributed by atoms with Gasteiger partial charge < -0.3 is 32.5 Å². The van der Waals surface area contributed by atoms with Gasteiger partial charge in [-0.3, -0.25) is 14.4 Å². The molecule has 12 heteroatoms. The molecule has 28 heavy (non-hydrogen) atoms. The van der Waals surface area contributed by atoms with Crippen molar-refractivity contribution < 1.29 is 24.3 Å². The van der Waals surface area contributed by atoms with Crippen LogP contribution in [-0.2, 0) is 19.2 Å². The fraction of sp³-hybridized carbons (Fsp3) is 0.750. The number of amides is 3. The minimum absolute atomic E-state index is 0.0191. The van der Waals surface area contributed by atoms with Crippen LogP contribution in [0.25, 0.3) is 0 Å². The molecule has 0 bridgehead atoms. The highest BCUT2D eigenvalue weighted by molar-refractivity contribution is 7.98. The van der Waals surface area contributed by atoms with Crippen LogP contribution in [-0.4, -0.2) is 77.8 Å². The van der Waals surface area contributed by atoms with E-state index in [2.05, 4.69) is 28.6 Å². The number of carbonyl (C=O) groups is 4. The van der Waals surface area contributed by atoms with E-state index < -0.39 is 48.4 Å². The molecule has 0 aromatic carbocycles. The number of nitrogens with one attached hydrogen (secondary N) is 3. The van der Waals surface area contributed by atoms with E-state index >= 15 is 0 Å². The number of aliphatic carboxylic acids is 1. The molecule has 0 saturated heterocycles. The van der Waals surface area contributed by atoms with Gasteiger partial charge in [0.25, 0.3) is 0 Å². The molecule has 0 spiro atoms. The molecule has 0 fully saturated rings. The molecule has 162 valence electrons. The van der Waals surface area contributed by atoms with Gasteiger partial charge in [-0.2, -0.15) is 24.4 Å². The number of rotatable bonds is 15. The Bertz CT molecular complexity index is 524. The van der Waals surface area contributed by atoms with Gasteiger partial charge in [-0.05, 0) is 44.2 Å². The standard InChI is InChI=1S/C16H31N5O5S2/c1-28-7-5-10(18)14(23)21-12(9-27)15(24)19-8-13(22)20-11(16(25)26)4-2-3-6-17/h10-12,27H,2-9,17-18H2,1H3,(H,19,24)(H,20,22)(H,21,23)(H,25,26). The van der Waals surface area contributed by atoms with Crippen molar-refractivity contribution in [1.82, 2.24) is 16.0 Å². The molecule has 8 N–H and O–H groups in total. The van der Waals surface area contributed by atoms with E-state index in [0.29, 0.717) is 31.6 Å². The lowest BCUT2D eigenvalue weighted by molar-refractivity contribution is -0.142. The van der Waals surface area contributed by atoms with E-state index in [1.54, 1.807) is 11.8 Å². The molecule has 0 rings (SSSR count). The third-order valence-corrected chi connectivity index (χ3v) is 4.80. The Kier molecular flexibility index (Phi) is 14.6. The van der Waals surface area contributed by atoms with E-state index in [-0.39, 0.29) is 12.2 Å². The van der Waals surface area contributed by atoms with Gasteiger partial charge in [-0.1, -0.05) is 0 Å². The maximum Gasteiger partial charge on any atom is 0.326 e. The Labute approximate surface area is 174 Å². The maximum atomic E-state index is 12.2. The lowest BCUT2D eigenvalue weighted by Crippen LogP contribution is -2.54. The van der Waals surface area contributed by atoms with Crippen LogP contribution in [0.2, 0.25) is 0 Å². The summed E-state index contributed by atoms with van der Waals surface area (Å²) in [5, 5.41) is 16.3. The maximum absolute atomic E-state index is 12.2. The molecule has 3 amide bonds. The normalized spacial score (nSPS) is 13.9. The van der Waals surface area contributed by atoms with Crippen LogP contribution in [0, 0.1) is 0 Å². The largest absolute Gasteiger partial charge is 0.480 e. The molecule has 3 unspecified atom stereocenters.